The number of hydrogen-bond donors (Lipinski definition) is 2. The lowest BCUT2D eigenvalue weighted by Crippen LogP contribution is -2.51. The first kappa shape index (κ1) is 22.3. The highest BCUT2D eigenvalue weighted by molar-refractivity contribution is 7.89. The maximum atomic E-state index is 14.5. The molecule has 0 saturated carbocycles. The van der Waals surface area contributed by atoms with Gasteiger partial charge in [0.1, 0.15) is 18.4 Å². The summed E-state index contributed by atoms with van der Waals surface area (Å²) in [5, 5.41) is 20.2. The van der Waals surface area contributed by atoms with Crippen LogP contribution >= 0.6 is 11.3 Å². The number of aromatic nitrogens is 2. The van der Waals surface area contributed by atoms with Crippen LogP contribution in [0.15, 0.2) is 57.3 Å². The first-order valence-corrected chi connectivity index (χ1v) is 17.4. The topological polar surface area (TPSA) is 163 Å². The van der Waals surface area contributed by atoms with E-state index in [1.807, 2.05) is 12.3 Å². The molecule has 2 aromatic carbocycles. The molecule has 6 rings (SSSR count). The SMILES string of the molecule is [2H]C([2H])([2H])c1noc2ccc(S(=O)(=O)N(C[C@@H](O)[C@H](Cc3ccc(OCc4csc(C)n4)cc3)NC(=O)O[C@]3([2H])[C@@H]4CCO[C@@H]4OC3([2H])[2H])CC([2H])(C([2H])([2H])[2H])C([2H])([2H])[2H])cc12. The Kier molecular flexibility index (Phi) is 6.87. The zero-order valence-corrected chi connectivity index (χ0v) is 27.7. The molecule has 2 saturated heterocycles. The number of sulfonamides is 1. The van der Waals surface area contributed by atoms with Gasteiger partial charge in [-0.15, -0.1) is 11.3 Å². The number of carbonyl (C=O) groups is 1. The molecule has 2 aliphatic rings. The summed E-state index contributed by atoms with van der Waals surface area (Å²) in [5.41, 5.74) is 0.320. The van der Waals surface area contributed by atoms with E-state index in [1.165, 1.54) is 11.3 Å². The Morgan fingerprint density at radius 1 is 1.27 bits per heavy atom. The van der Waals surface area contributed by atoms with Gasteiger partial charge in [-0.1, -0.05) is 31.0 Å². The van der Waals surface area contributed by atoms with E-state index >= 15 is 0 Å². The number of thiazole rings is 1. The summed E-state index contributed by atoms with van der Waals surface area (Å²) < 4.78 is 162. The van der Waals surface area contributed by atoms with Crippen LogP contribution in [0.2, 0.25) is 0 Å². The predicted octanol–water partition coefficient (Wildman–Crippen LogP) is 4.59. The van der Waals surface area contributed by atoms with Gasteiger partial charge >= 0.3 is 6.09 Å². The summed E-state index contributed by atoms with van der Waals surface area (Å²) in [6.07, 6.45) is -7.64. The van der Waals surface area contributed by atoms with Crippen LogP contribution in [-0.2, 0) is 37.3 Å². The van der Waals surface area contributed by atoms with Gasteiger partial charge in [-0.25, -0.2) is 18.2 Å². The second-order valence-corrected chi connectivity index (χ2v) is 14.4. The molecule has 4 heterocycles. The molecule has 5 atom stereocenters. The molecule has 2 aliphatic heterocycles. The zero-order valence-electron chi connectivity index (χ0n) is 39.0. The Morgan fingerprint density at radius 3 is 2.86 bits per heavy atom. The minimum atomic E-state index is -5.18. The number of ether oxygens (including phenoxy) is 4. The number of alkyl carbamates (subject to hydrolysis) is 1. The number of rotatable bonds is 14. The molecule has 4 aromatic rings. The molecule has 0 radical (unpaired) electrons. The van der Waals surface area contributed by atoms with E-state index in [2.05, 4.69) is 15.5 Å². The number of benzene rings is 2. The van der Waals surface area contributed by atoms with Crippen LogP contribution in [0, 0.1) is 25.6 Å². The van der Waals surface area contributed by atoms with Gasteiger partial charge in [-0.3, -0.25) is 0 Å². The molecule has 0 bridgehead atoms. The number of hydrogen-bond acceptors (Lipinski definition) is 12. The molecular weight excluding hydrogens is 673 g/mol. The number of nitrogens with zero attached hydrogens (tertiary/aromatic N) is 3. The van der Waals surface area contributed by atoms with Crippen LogP contribution in [-0.4, -0.2) is 84.8 Å². The molecule has 49 heavy (non-hydrogen) atoms. The van der Waals surface area contributed by atoms with E-state index in [0.717, 1.165) is 23.2 Å². The third-order valence-electron chi connectivity index (χ3n) is 7.86. The Labute approximate surface area is 307 Å². The molecule has 0 spiro atoms. The lowest BCUT2D eigenvalue weighted by atomic mass is 10.0. The third-order valence-corrected chi connectivity index (χ3v) is 10.5. The monoisotopic (exact) mass is 727 g/mol. The Balaban J connectivity index is 1.35. The van der Waals surface area contributed by atoms with Gasteiger partial charge in [0.05, 0.1) is 56.6 Å². The molecule has 2 fully saturated rings. The fourth-order valence-electron chi connectivity index (χ4n) is 5.38. The highest BCUT2D eigenvalue weighted by atomic mass is 32.2. The molecule has 15 heteroatoms. The minimum Gasteiger partial charge on any atom is -0.487 e. The van der Waals surface area contributed by atoms with Gasteiger partial charge in [0, 0.05) is 37.6 Å². The number of fused-ring (bicyclic) bond motifs is 2. The molecule has 13 nitrogen and oxygen atoms in total. The van der Waals surface area contributed by atoms with Crippen molar-refractivity contribution < 1.29 is 59.6 Å². The smallest absolute Gasteiger partial charge is 0.407 e. The molecule has 0 unspecified atom stereocenters. The van der Waals surface area contributed by atoms with Crippen molar-refractivity contribution in [3.05, 3.63) is 69.8 Å². The third kappa shape index (κ3) is 8.41. The number of aliphatic hydroxyl groups is 1. The molecule has 1 amide bonds. The van der Waals surface area contributed by atoms with E-state index < -0.39 is 103 Å². The number of amides is 1. The average Bonchev–Trinajstić information content (AvgIpc) is 3.94. The van der Waals surface area contributed by atoms with Gasteiger partial charge in [0.15, 0.2) is 11.9 Å². The normalized spacial score (nSPS) is 27.9. The quantitative estimate of drug-likeness (QED) is 0.187. The van der Waals surface area contributed by atoms with Crippen LogP contribution in [0.5, 0.6) is 5.75 Å². The Hall–Kier alpha value is -3.60. The standard InChI is InChI=1S/C34H42N4O9S2/c1-20(2)15-38(49(41,42)26-9-10-31-28(14-26)21(3)37-47-31)16-30(39)29(36-34(40)46-32-18-45-33-27(32)11-12-43-33)13-23-5-7-25(8-6-23)44-17-24-19-48-22(4)35-24/h5-10,14,19-20,27,29-30,32-33,39H,11-13,15-18H2,1-4H3,(H,36,40)/t27-,29-,30+,32-,33+/m0/s1/i1D3,2D3,3D3,18D2,20D,32D. The summed E-state index contributed by atoms with van der Waals surface area (Å²) in [5.74, 6) is -4.17. The largest absolute Gasteiger partial charge is 0.487 e. The van der Waals surface area contributed by atoms with Crippen molar-refractivity contribution in [2.45, 2.75) is 76.3 Å². The second-order valence-electron chi connectivity index (χ2n) is 11.4. The van der Waals surface area contributed by atoms with Crippen molar-refractivity contribution >= 4 is 38.4 Å². The van der Waals surface area contributed by atoms with Gasteiger partial charge < -0.3 is 33.9 Å². The first-order valence-electron chi connectivity index (χ1n) is 21.6. The Bertz CT molecular complexity index is 2340. The van der Waals surface area contributed by atoms with E-state index in [9.17, 15) is 18.3 Å². The number of aliphatic hydroxyl groups excluding tert-OH is 1. The summed E-state index contributed by atoms with van der Waals surface area (Å²) in [6.45, 7) is -13.7. The predicted molar refractivity (Wildman–Crippen MR) is 181 cm³/mol. The second kappa shape index (κ2) is 15.1. The lowest BCUT2D eigenvalue weighted by Gasteiger charge is -2.31. The van der Waals surface area contributed by atoms with E-state index in [0.29, 0.717) is 17.0 Å². The highest BCUT2D eigenvalue weighted by Crippen LogP contribution is 2.33. The van der Waals surface area contributed by atoms with E-state index in [1.54, 1.807) is 24.3 Å². The van der Waals surface area contributed by atoms with Crippen LogP contribution < -0.4 is 10.1 Å². The van der Waals surface area contributed by atoms with Gasteiger partial charge in [0.25, 0.3) is 0 Å². The van der Waals surface area contributed by atoms with Crippen molar-refractivity contribution in [2.75, 3.05) is 26.3 Å². The average molecular weight is 728 g/mol. The maximum absolute atomic E-state index is 14.5. The van der Waals surface area contributed by atoms with Gasteiger partial charge in [-0.2, -0.15) is 4.31 Å². The fourth-order valence-corrected chi connectivity index (χ4v) is 7.43. The Morgan fingerprint density at radius 2 is 2.10 bits per heavy atom. The van der Waals surface area contributed by atoms with Crippen LogP contribution in [0.4, 0.5) is 4.79 Å². The first-order chi connectivity index (χ1) is 28.6. The molecule has 2 N–H and O–H groups in total. The van der Waals surface area contributed by atoms with Crippen molar-refractivity contribution in [1.82, 2.24) is 19.8 Å². The van der Waals surface area contributed by atoms with Gasteiger partial charge in [0.2, 0.25) is 10.0 Å². The summed E-state index contributed by atoms with van der Waals surface area (Å²) in [4.78, 5) is 17.3. The summed E-state index contributed by atoms with van der Waals surface area (Å²) in [7, 11) is -5.18. The minimum absolute atomic E-state index is 0.0807. The van der Waals surface area contributed by atoms with Crippen molar-refractivity contribution in [1.29, 1.82) is 0 Å². The van der Waals surface area contributed by atoms with Crippen LogP contribution in [0.3, 0.4) is 0 Å². The zero-order chi connectivity index (χ0) is 45.8. The van der Waals surface area contributed by atoms with E-state index in [4.69, 9.17) is 41.3 Å². The summed E-state index contributed by atoms with van der Waals surface area (Å²) in [6, 6.07) is 7.48. The number of carbonyl (C=O) groups excluding carboxylic acids is 1. The molecule has 0 aliphatic carbocycles. The highest BCUT2D eigenvalue weighted by Gasteiger charge is 2.44. The van der Waals surface area contributed by atoms with Crippen molar-refractivity contribution in [3.8, 4) is 5.75 Å². The number of nitrogens with one attached hydrogen (secondary N) is 1. The lowest BCUT2D eigenvalue weighted by molar-refractivity contribution is -0.0907. The number of aryl methyl sites for hydroxylation is 2. The molecule has 2 aromatic heterocycles. The summed E-state index contributed by atoms with van der Waals surface area (Å²) >= 11 is 1.44. The van der Waals surface area contributed by atoms with Crippen LogP contribution in [0.25, 0.3) is 11.0 Å². The van der Waals surface area contributed by atoms with Crippen LogP contribution in [0.1, 0.15) is 59.9 Å². The van der Waals surface area contributed by atoms with Crippen molar-refractivity contribution in [3.63, 3.8) is 0 Å². The van der Waals surface area contributed by atoms with Crippen molar-refractivity contribution in [2.24, 2.45) is 11.8 Å². The maximum Gasteiger partial charge on any atom is 0.407 e. The van der Waals surface area contributed by atoms with Gasteiger partial charge in [-0.05, 0) is 68.4 Å². The fraction of sp³-hybridized carbons (Fsp3) is 0.500. The molecule has 264 valence electrons. The van der Waals surface area contributed by atoms with E-state index in [-0.39, 0.29) is 41.3 Å². The molecular formula is C34H42N4O9S2.